The van der Waals surface area contributed by atoms with Crippen LogP contribution in [0.5, 0.6) is 0 Å². The zero-order valence-corrected chi connectivity index (χ0v) is 16.5. The first-order valence-electron chi connectivity index (χ1n) is 8.80. The van der Waals surface area contributed by atoms with Crippen molar-refractivity contribution in [1.82, 2.24) is 4.98 Å². The van der Waals surface area contributed by atoms with Gasteiger partial charge in [0.15, 0.2) is 5.58 Å². The summed E-state index contributed by atoms with van der Waals surface area (Å²) >= 11 is 12.3. The normalized spacial score (nSPS) is 11.0. The fourth-order valence-electron chi connectivity index (χ4n) is 2.88. The van der Waals surface area contributed by atoms with Crippen LogP contribution in [0.1, 0.15) is 22.8 Å². The molecule has 0 saturated heterocycles. The molecule has 0 saturated carbocycles. The summed E-state index contributed by atoms with van der Waals surface area (Å²) in [5.41, 5.74) is 4.25. The molecule has 1 amide bonds. The van der Waals surface area contributed by atoms with E-state index in [1.54, 1.807) is 36.4 Å². The molecule has 0 aliphatic rings. The van der Waals surface area contributed by atoms with Gasteiger partial charge in [-0.2, -0.15) is 0 Å². The van der Waals surface area contributed by atoms with E-state index in [-0.39, 0.29) is 5.91 Å². The van der Waals surface area contributed by atoms with Crippen molar-refractivity contribution < 1.29 is 9.21 Å². The lowest BCUT2D eigenvalue weighted by Gasteiger charge is -2.05. The van der Waals surface area contributed by atoms with Crippen molar-refractivity contribution in [3.05, 3.63) is 81.8 Å². The fraction of sp³-hybridized carbons (Fsp3) is 0.0909. The number of halogens is 2. The van der Waals surface area contributed by atoms with Crippen LogP contribution in [0.4, 0.5) is 5.69 Å². The van der Waals surface area contributed by atoms with Crippen LogP contribution in [-0.2, 0) is 6.42 Å². The summed E-state index contributed by atoms with van der Waals surface area (Å²) < 4.78 is 5.79. The number of nitrogens with one attached hydrogen (secondary N) is 1. The minimum absolute atomic E-state index is 0.177. The number of fused-ring (bicyclic) bond motifs is 1. The molecule has 0 bridgehead atoms. The van der Waals surface area contributed by atoms with E-state index in [4.69, 9.17) is 27.6 Å². The summed E-state index contributed by atoms with van der Waals surface area (Å²) in [7, 11) is 0. The molecule has 4 nitrogen and oxygen atoms in total. The van der Waals surface area contributed by atoms with Gasteiger partial charge in [0.05, 0.1) is 10.6 Å². The molecule has 3 aromatic carbocycles. The van der Waals surface area contributed by atoms with Gasteiger partial charge in [0.1, 0.15) is 5.52 Å². The zero-order chi connectivity index (χ0) is 19.7. The number of aryl methyl sites for hydroxylation is 1. The molecule has 140 valence electrons. The molecule has 0 aliphatic carbocycles. The maximum Gasteiger partial charge on any atom is 0.255 e. The Bertz CT molecular complexity index is 1170. The molecule has 0 atom stereocenters. The lowest BCUT2D eigenvalue weighted by atomic mass is 10.1. The average Bonchev–Trinajstić information content (AvgIpc) is 3.13. The Labute approximate surface area is 172 Å². The van der Waals surface area contributed by atoms with E-state index in [1.165, 1.54) is 5.56 Å². The number of anilines is 1. The van der Waals surface area contributed by atoms with Crippen molar-refractivity contribution >= 4 is 45.9 Å². The van der Waals surface area contributed by atoms with Gasteiger partial charge in [-0.3, -0.25) is 4.79 Å². The Hall–Kier alpha value is -2.82. The molecule has 0 fully saturated rings. The molecule has 1 N–H and O–H groups in total. The summed E-state index contributed by atoms with van der Waals surface area (Å²) in [6.07, 6.45) is 0.934. The Kier molecular flexibility index (Phi) is 5.07. The quantitative estimate of drug-likeness (QED) is 0.411. The molecule has 1 heterocycles. The predicted octanol–water partition coefficient (Wildman–Crippen LogP) is 6.62. The van der Waals surface area contributed by atoms with E-state index >= 15 is 0 Å². The zero-order valence-electron chi connectivity index (χ0n) is 15.0. The minimum Gasteiger partial charge on any atom is -0.436 e. The topological polar surface area (TPSA) is 55.1 Å². The molecule has 0 radical (unpaired) electrons. The summed E-state index contributed by atoms with van der Waals surface area (Å²) in [5.74, 6) is 0.199. The maximum absolute atomic E-state index is 12.5. The van der Waals surface area contributed by atoms with Crippen molar-refractivity contribution in [2.24, 2.45) is 0 Å². The molecule has 28 heavy (non-hydrogen) atoms. The maximum atomic E-state index is 12.5. The number of hydrogen-bond donors (Lipinski definition) is 1. The smallest absolute Gasteiger partial charge is 0.255 e. The summed E-state index contributed by atoms with van der Waals surface area (Å²) in [4.78, 5) is 17.0. The third kappa shape index (κ3) is 3.75. The van der Waals surface area contributed by atoms with Crippen LogP contribution in [-0.4, -0.2) is 10.9 Å². The molecule has 0 spiro atoms. The van der Waals surface area contributed by atoms with Crippen molar-refractivity contribution in [2.45, 2.75) is 13.3 Å². The van der Waals surface area contributed by atoms with E-state index in [0.29, 0.717) is 43.9 Å². The van der Waals surface area contributed by atoms with E-state index in [0.717, 1.165) is 6.42 Å². The molecule has 6 heteroatoms. The Morgan fingerprint density at radius 1 is 1.04 bits per heavy atom. The predicted molar refractivity (Wildman–Crippen MR) is 113 cm³/mol. The number of rotatable bonds is 4. The highest BCUT2D eigenvalue weighted by Gasteiger charge is 2.13. The molecular formula is C22H16Cl2N2O2. The van der Waals surface area contributed by atoms with Crippen LogP contribution in [0, 0.1) is 0 Å². The van der Waals surface area contributed by atoms with Gasteiger partial charge in [-0.1, -0.05) is 42.3 Å². The van der Waals surface area contributed by atoms with Gasteiger partial charge >= 0.3 is 0 Å². The number of carbonyl (C=O) groups is 1. The first-order valence-corrected chi connectivity index (χ1v) is 9.55. The van der Waals surface area contributed by atoms with Gasteiger partial charge < -0.3 is 9.73 Å². The molecule has 0 unspecified atom stereocenters. The Morgan fingerprint density at radius 2 is 1.82 bits per heavy atom. The van der Waals surface area contributed by atoms with Crippen molar-refractivity contribution in [3.63, 3.8) is 0 Å². The standard InChI is InChI=1S/C22H16Cl2N2O2/c1-2-13-3-5-14(6-4-13)21(27)25-16-8-10-20-19(12-16)26-22(28-20)17-11-15(23)7-9-18(17)24/h3-12H,2H2,1H3,(H,25,27). The molecule has 4 rings (SSSR count). The second kappa shape index (κ2) is 7.66. The van der Waals surface area contributed by atoms with Crippen LogP contribution in [0.3, 0.4) is 0 Å². The van der Waals surface area contributed by atoms with E-state index < -0.39 is 0 Å². The van der Waals surface area contributed by atoms with Crippen molar-refractivity contribution in [3.8, 4) is 11.5 Å². The highest BCUT2D eigenvalue weighted by atomic mass is 35.5. The SMILES string of the molecule is CCc1ccc(C(=O)Nc2ccc3oc(-c4cc(Cl)ccc4Cl)nc3c2)cc1. The molecular weight excluding hydrogens is 395 g/mol. The molecule has 1 aromatic heterocycles. The van der Waals surface area contributed by atoms with Crippen LogP contribution in [0.15, 0.2) is 65.1 Å². The third-order valence-electron chi connectivity index (χ3n) is 4.43. The van der Waals surface area contributed by atoms with E-state index in [9.17, 15) is 4.79 Å². The number of nitrogens with zero attached hydrogens (tertiary/aromatic N) is 1. The first kappa shape index (κ1) is 18.5. The monoisotopic (exact) mass is 410 g/mol. The fourth-order valence-corrected chi connectivity index (χ4v) is 3.25. The number of amides is 1. The number of carbonyl (C=O) groups excluding carboxylic acids is 1. The lowest BCUT2D eigenvalue weighted by molar-refractivity contribution is 0.102. The summed E-state index contributed by atoms with van der Waals surface area (Å²) in [6.45, 7) is 2.08. The second-order valence-electron chi connectivity index (χ2n) is 6.33. The second-order valence-corrected chi connectivity index (χ2v) is 7.17. The van der Waals surface area contributed by atoms with Gasteiger partial charge in [-0.05, 0) is 60.5 Å². The van der Waals surface area contributed by atoms with Crippen LogP contribution in [0.2, 0.25) is 10.0 Å². The average molecular weight is 411 g/mol. The van der Waals surface area contributed by atoms with Gasteiger partial charge in [-0.25, -0.2) is 4.98 Å². The largest absolute Gasteiger partial charge is 0.436 e. The van der Waals surface area contributed by atoms with Crippen molar-refractivity contribution in [1.29, 1.82) is 0 Å². The minimum atomic E-state index is -0.177. The Balaban J connectivity index is 1.61. The van der Waals surface area contributed by atoms with Crippen molar-refractivity contribution in [2.75, 3.05) is 5.32 Å². The first-order chi connectivity index (χ1) is 13.5. The number of hydrogen-bond acceptors (Lipinski definition) is 3. The lowest BCUT2D eigenvalue weighted by Crippen LogP contribution is -2.11. The van der Waals surface area contributed by atoms with Gasteiger partial charge in [0.25, 0.3) is 5.91 Å². The summed E-state index contributed by atoms with van der Waals surface area (Å²) in [5, 5.41) is 3.93. The molecule has 0 aliphatic heterocycles. The van der Waals surface area contributed by atoms with Crippen LogP contribution in [0.25, 0.3) is 22.6 Å². The van der Waals surface area contributed by atoms with Gasteiger partial charge in [-0.15, -0.1) is 0 Å². The van der Waals surface area contributed by atoms with Crippen LogP contribution < -0.4 is 5.32 Å². The van der Waals surface area contributed by atoms with Gasteiger partial charge in [0, 0.05) is 16.3 Å². The molecule has 4 aromatic rings. The highest BCUT2D eigenvalue weighted by molar-refractivity contribution is 6.35. The Morgan fingerprint density at radius 3 is 2.57 bits per heavy atom. The number of benzene rings is 3. The van der Waals surface area contributed by atoms with E-state index in [1.807, 2.05) is 24.3 Å². The highest BCUT2D eigenvalue weighted by Crippen LogP contribution is 2.32. The number of aromatic nitrogens is 1. The number of oxazole rings is 1. The summed E-state index contributed by atoms with van der Waals surface area (Å²) in [6, 6.07) is 18.0. The third-order valence-corrected chi connectivity index (χ3v) is 4.99. The van der Waals surface area contributed by atoms with Gasteiger partial charge in [0.2, 0.25) is 5.89 Å². The van der Waals surface area contributed by atoms with E-state index in [2.05, 4.69) is 17.2 Å². The van der Waals surface area contributed by atoms with Crippen LogP contribution >= 0.6 is 23.2 Å².